The maximum Gasteiger partial charge on any atom is 0.248 e. The number of rotatable bonds is 3. The second kappa shape index (κ2) is 8.32. The van der Waals surface area contributed by atoms with Crippen molar-refractivity contribution in [3.05, 3.63) is 36.4 Å². The molecule has 21 heavy (non-hydrogen) atoms. The van der Waals surface area contributed by atoms with E-state index < -0.39 is 0 Å². The molecule has 1 heterocycles. The molecule has 1 amide bonds. The number of amides is 1. The number of carbonyl (C=O) groups excluding carboxylic acids is 1. The van der Waals surface area contributed by atoms with Crippen molar-refractivity contribution in [3.63, 3.8) is 0 Å². The molecule has 2 rings (SSSR count). The number of halogens is 1. The Bertz CT molecular complexity index is 524. The predicted molar refractivity (Wildman–Crippen MR) is 89.3 cm³/mol. The third kappa shape index (κ3) is 5.11. The van der Waals surface area contributed by atoms with Gasteiger partial charge in [-0.2, -0.15) is 0 Å². The number of carbonyl (C=O) groups is 1. The summed E-state index contributed by atoms with van der Waals surface area (Å²) < 4.78 is 0. The molecule has 3 N–H and O–H groups in total. The summed E-state index contributed by atoms with van der Waals surface area (Å²) in [5.41, 5.74) is 1.52. The van der Waals surface area contributed by atoms with Crippen molar-refractivity contribution in [1.29, 1.82) is 5.41 Å². The lowest BCUT2D eigenvalue weighted by Gasteiger charge is -2.19. The minimum Gasteiger partial charge on any atom is -0.343 e. The summed E-state index contributed by atoms with van der Waals surface area (Å²) in [6.07, 6.45) is 5.46. The Morgan fingerprint density at radius 2 is 1.86 bits per heavy atom. The fourth-order valence-corrected chi connectivity index (χ4v) is 2.17. The van der Waals surface area contributed by atoms with Gasteiger partial charge in [0, 0.05) is 24.5 Å². The number of anilines is 2. The second-order valence-corrected chi connectivity index (χ2v) is 4.74. The van der Waals surface area contributed by atoms with Gasteiger partial charge in [-0.3, -0.25) is 10.2 Å². The van der Waals surface area contributed by atoms with Crippen LogP contribution in [0.25, 0.3) is 0 Å². The number of benzene rings is 1. The van der Waals surface area contributed by atoms with Gasteiger partial charge in [0.1, 0.15) is 0 Å². The van der Waals surface area contributed by atoms with Crippen LogP contribution in [0.1, 0.15) is 19.8 Å². The third-order valence-corrected chi connectivity index (χ3v) is 3.13. The fraction of sp³-hybridized carbons (Fsp3) is 0.333. The van der Waals surface area contributed by atoms with E-state index in [1.165, 1.54) is 6.08 Å². The maximum absolute atomic E-state index is 11.5. The number of allylic oxidation sites excluding steroid dienone is 1. The second-order valence-electron chi connectivity index (χ2n) is 4.74. The van der Waals surface area contributed by atoms with Gasteiger partial charge in [-0.25, -0.2) is 0 Å². The lowest BCUT2D eigenvalue weighted by Crippen LogP contribution is -2.32. The molecule has 0 saturated carbocycles. The highest BCUT2D eigenvalue weighted by atomic mass is 35.5. The van der Waals surface area contributed by atoms with Crippen molar-refractivity contribution in [2.45, 2.75) is 19.8 Å². The molecular weight excluding hydrogens is 288 g/mol. The Morgan fingerprint density at radius 3 is 2.48 bits per heavy atom. The maximum atomic E-state index is 11.5. The van der Waals surface area contributed by atoms with E-state index in [9.17, 15) is 4.79 Å². The van der Waals surface area contributed by atoms with Gasteiger partial charge < -0.3 is 15.5 Å². The van der Waals surface area contributed by atoms with Gasteiger partial charge in [-0.1, -0.05) is 12.1 Å². The summed E-state index contributed by atoms with van der Waals surface area (Å²) in [4.78, 5) is 13.5. The van der Waals surface area contributed by atoms with Crippen molar-refractivity contribution < 1.29 is 4.79 Å². The fourth-order valence-electron chi connectivity index (χ4n) is 2.17. The summed E-state index contributed by atoms with van der Waals surface area (Å²) in [6.45, 7) is 3.67. The lowest BCUT2D eigenvalue weighted by atomic mass is 10.2. The van der Waals surface area contributed by atoms with Crippen LogP contribution in [0, 0.1) is 5.41 Å². The monoisotopic (exact) mass is 308 g/mol. The molecule has 1 aromatic rings. The van der Waals surface area contributed by atoms with Crippen LogP contribution in [0.3, 0.4) is 0 Å². The molecule has 0 atom stereocenters. The van der Waals surface area contributed by atoms with Crippen LogP contribution >= 0.6 is 12.4 Å². The smallest absolute Gasteiger partial charge is 0.248 e. The van der Waals surface area contributed by atoms with Gasteiger partial charge in [0.15, 0.2) is 5.96 Å². The van der Waals surface area contributed by atoms with Gasteiger partial charge in [0.2, 0.25) is 5.91 Å². The van der Waals surface area contributed by atoms with E-state index in [1.807, 2.05) is 29.2 Å². The summed E-state index contributed by atoms with van der Waals surface area (Å²) in [5, 5.41) is 13.9. The number of hydrogen-bond acceptors (Lipinski definition) is 2. The first kappa shape index (κ1) is 17.0. The van der Waals surface area contributed by atoms with Crippen molar-refractivity contribution >= 4 is 35.6 Å². The quantitative estimate of drug-likeness (QED) is 0.457. The molecule has 0 aliphatic carbocycles. The van der Waals surface area contributed by atoms with E-state index >= 15 is 0 Å². The first-order chi connectivity index (χ1) is 9.69. The third-order valence-electron chi connectivity index (χ3n) is 3.13. The molecule has 1 aromatic carbocycles. The van der Waals surface area contributed by atoms with Crippen molar-refractivity contribution in [3.8, 4) is 0 Å². The molecule has 6 heteroatoms. The Balaban J connectivity index is 0.00000220. The van der Waals surface area contributed by atoms with Gasteiger partial charge in [-0.15, -0.1) is 12.4 Å². The number of guanidine groups is 1. The number of nitrogens with one attached hydrogen (secondary N) is 3. The van der Waals surface area contributed by atoms with E-state index in [1.54, 1.807) is 13.0 Å². The molecule has 0 spiro atoms. The largest absolute Gasteiger partial charge is 0.343 e. The first-order valence-corrected chi connectivity index (χ1v) is 6.83. The Labute approximate surface area is 131 Å². The zero-order valence-electron chi connectivity index (χ0n) is 12.1. The SMILES string of the molecule is CC=CC(=O)Nc1cccc(NC(=N)N2CCCC2)c1.Cl. The zero-order valence-corrected chi connectivity index (χ0v) is 12.9. The van der Waals surface area contributed by atoms with E-state index in [4.69, 9.17) is 5.41 Å². The minimum atomic E-state index is -0.153. The minimum absolute atomic E-state index is 0. The van der Waals surface area contributed by atoms with Gasteiger partial charge >= 0.3 is 0 Å². The van der Waals surface area contributed by atoms with Crippen molar-refractivity contribution in [2.24, 2.45) is 0 Å². The van der Waals surface area contributed by atoms with Gasteiger partial charge in [0.05, 0.1) is 0 Å². The predicted octanol–water partition coefficient (Wildman–Crippen LogP) is 3.07. The Morgan fingerprint density at radius 1 is 1.24 bits per heavy atom. The molecule has 1 fully saturated rings. The standard InChI is InChI=1S/C15H20N4O.ClH/c1-2-6-14(20)17-12-7-5-8-13(11-12)18-15(16)19-9-3-4-10-19;/h2,5-8,11H,3-4,9-10H2,1H3,(H2,16,18)(H,17,20);1H. The van der Waals surface area contributed by atoms with E-state index in [-0.39, 0.29) is 18.3 Å². The van der Waals surface area contributed by atoms with E-state index in [2.05, 4.69) is 10.6 Å². The zero-order chi connectivity index (χ0) is 14.4. The number of hydrogen-bond donors (Lipinski definition) is 3. The molecule has 0 aromatic heterocycles. The molecular formula is C15H21ClN4O. The highest BCUT2D eigenvalue weighted by Gasteiger charge is 2.14. The summed E-state index contributed by atoms with van der Waals surface area (Å²) >= 11 is 0. The van der Waals surface area contributed by atoms with Crippen molar-refractivity contribution in [1.82, 2.24) is 4.90 Å². The summed E-state index contributed by atoms with van der Waals surface area (Å²) in [7, 11) is 0. The Hall–Kier alpha value is -2.01. The molecule has 1 saturated heterocycles. The molecule has 0 bridgehead atoms. The van der Waals surface area contributed by atoms with E-state index in [0.717, 1.165) is 31.6 Å². The van der Waals surface area contributed by atoms with Crippen LogP contribution in [-0.4, -0.2) is 29.9 Å². The van der Waals surface area contributed by atoms with Crippen molar-refractivity contribution in [2.75, 3.05) is 23.7 Å². The molecule has 1 aliphatic rings. The summed E-state index contributed by atoms with van der Waals surface area (Å²) in [6, 6.07) is 7.39. The molecule has 5 nitrogen and oxygen atoms in total. The molecule has 0 unspecified atom stereocenters. The average Bonchev–Trinajstić information content (AvgIpc) is 2.93. The lowest BCUT2D eigenvalue weighted by molar-refractivity contribution is -0.111. The van der Waals surface area contributed by atoms with Crippen LogP contribution in [0.15, 0.2) is 36.4 Å². The summed E-state index contributed by atoms with van der Waals surface area (Å²) in [5.74, 6) is 0.263. The van der Waals surface area contributed by atoms with Gasteiger partial charge in [0.25, 0.3) is 0 Å². The molecule has 0 radical (unpaired) electrons. The van der Waals surface area contributed by atoms with E-state index in [0.29, 0.717) is 11.6 Å². The number of likely N-dealkylation sites (tertiary alicyclic amines) is 1. The Kier molecular flexibility index (Phi) is 6.75. The molecule has 114 valence electrons. The van der Waals surface area contributed by atoms with Crippen LogP contribution in [-0.2, 0) is 4.79 Å². The van der Waals surface area contributed by atoms with Crippen LogP contribution in [0.5, 0.6) is 0 Å². The van der Waals surface area contributed by atoms with Crippen LogP contribution in [0.2, 0.25) is 0 Å². The average molecular weight is 309 g/mol. The van der Waals surface area contributed by atoms with Crippen LogP contribution in [0.4, 0.5) is 11.4 Å². The van der Waals surface area contributed by atoms with Crippen LogP contribution < -0.4 is 10.6 Å². The normalized spacial score (nSPS) is 13.9. The van der Waals surface area contributed by atoms with Gasteiger partial charge in [-0.05, 0) is 44.0 Å². The highest BCUT2D eigenvalue weighted by molar-refractivity contribution is 6.00. The molecule has 1 aliphatic heterocycles. The number of nitrogens with zero attached hydrogens (tertiary/aromatic N) is 1. The topological polar surface area (TPSA) is 68.2 Å². The highest BCUT2D eigenvalue weighted by Crippen LogP contribution is 2.16. The first-order valence-electron chi connectivity index (χ1n) is 6.83.